The van der Waals surface area contributed by atoms with Gasteiger partial charge in [-0.1, -0.05) is 36.4 Å². The molecule has 2 aromatic rings. The fraction of sp³-hybridized carbons (Fsp3) is 0.316. The van der Waals surface area contributed by atoms with Gasteiger partial charge in [0, 0.05) is 6.54 Å². The molecule has 3 heteroatoms. The molecule has 0 heterocycles. The van der Waals surface area contributed by atoms with Gasteiger partial charge in [-0.15, -0.1) is 0 Å². The van der Waals surface area contributed by atoms with E-state index in [1.54, 1.807) is 6.92 Å². The predicted molar refractivity (Wildman–Crippen MR) is 89.2 cm³/mol. The van der Waals surface area contributed by atoms with E-state index < -0.39 is 6.10 Å². The highest BCUT2D eigenvalue weighted by molar-refractivity contribution is 5.80. The van der Waals surface area contributed by atoms with Crippen molar-refractivity contribution in [2.45, 2.75) is 33.3 Å². The summed E-state index contributed by atoms with van der Waals surface area (Å²) in [4.78, 5) is 12.1. The number of ether oxygens (including phenoxy) is 1. The Morgan fingerprint density at radius 3 is 2.36 bits per heavy atom. The Morgan fingerprint density at radius 2 is 1.73 bits per heavy atom. The summed E-state index contributed by atoms with van der Waals surface area (Å²) in [5, 5.41) is 2.92. The largest absolute Gasteiger partial charge is 0.481 e. The van der Waals surface area contributed by atoms with Gasteiger partial charge in [0.05, 0.1) is 0 Å². The molecule has 0 saturated heterocycles. The first kappa shape index (κ1) is 16.1. The second-order valence-electron chi connectivity index (χ2n) is 5.61. The molecule has 1 N–H and O–H groups in total. The number of nitrogens with one attached hydrogen (secondary N) is 1. The lowest BCUT2D eigenvalue weighted by atomic mass is 10.1. The van der Waals surface area contributed by atoms with E-state index in [0.29, 0.717) is 6.54 Å². The Morgan fingerprint density at radius 1 is 1.09 bits per heavy atom. The van der Waals surface area contributed by atoms with Crippen molar-refractivity contribution in [1.82, 2.24) is 5.32 Å². The van der Waals surface area contributed by atoms with E-state index in [1.165, 1.54) is 5.56 Å². The second kappa shape index (κ2) is 7.64. The minimum atomic E-state index is -0.503. The summed E-state index contributed by atoms with van der Waals surface area (Å²) in [7, 11) is 0. The maximum Gasteiger partial charge on any atom is 0.260 e. The molecule has 2 aromatic carbocycles. The quantitative estimate of drug-likeness (QED) is 0.887. The normalized spacial score (nSPS) is 11.8. The van der Waals surface area contributed by atoms with Crippen LogP contribution in [0.15, 0.2) is 48.5 Å². The zero-order valence-electron chi connectivity index (χ0n) is 13.4. The summed E-state index contributed by atoms with van der Waals surface area (Å²) in [5.74, 6) is 0.651. The molecule has 2 rings (SSSR count). The molecule has 3 nitrogen and oxygen atoms in total. The average Bonchev–Trinajstić information content (AvgIpc) is 2.47. The number of hydrogen-bond donors (Lipinski definition) is 1. The molecule has 0 fully saturated rings. The van der Waals surface area contributed by atoms with Crippen LogP contribution in [-0.4, -0.2) is 18.6 Å². The van der Waals surface area contributed by atoms with Gasteiger partial charge in [-0.2, -0.15) is 0 Å². The summed E-state index contributed by atoms with van der Waals surface area (Å²) in [6.07, 6.45) is 0.319. The number of hydrogen-bond acceptors (Lipinski definition) is 2. The SMILES string of the molecule is Cc1cc(C)cc(OC(C)C(=O)NCCc2ccccc2)c1. The van der Waals surface area contributed by atoms with Crippen LogP contribution in [0, 0.1) is 13.8 Å². The lowest BCUT2D eigenvalue weighted by Gasteiger charge is -2.15. The number of amides is 1. The summed E-state index contributed by atoms with van der Waals surface area (Å²) < 4.78 is 5.73. The van der Waals surface area contributed by atoms with Crippen molar-refractivity contribution in [2.75, 3.05) is 6.54 Å². The van der Waals surface area contributed by atoms with Crippen LogP contribution in [0.3, 0.4) is 0 Å². The third-order valence-electron chi connectivity index (χ3n) is 3.43. The van der Waals surface area contributed by atoms with Gasteiger partial charge in [0.1, 0.15) is 5.75 Å². The van der Waals surface area contributed by atoms with Gasteiger partial charge in [-0.05, 0) is 56.0 Å². The topological polar surface area (TPSA) is 38.3 Å². The highest BCUT2D eigenvalue weighted by Gasteiger charge is 2.14. The van der Waals surface area contributed by atoms with Crippen LogP contribution in [0.5, 0.6) is 5.75 Å². The molecule has 0 radical (unpaired) electrons. The average molecular weight is 297 g/mol. The van der Waals surface area contributed by atoms with Gasteiger partial charge in [-0.25, -0.2) is 0 Å². The molecule has 116 valence electrons. The maximum absolute atomic E-state index is 12.1. The van der Waals surface area contributed by atoms with E-state index in [2.05, 4.69) is 23.5 Å². The molecule has 1 unspecified atom stereocenters. The van der Waals surface area contributed by atoms with Crippen molar-refractivity contribution in [3.63, 3.8) is 0 Å². The number of aryl methyl sites for hydroxylation is 2. The highest BCUT2D eigenvalue weighted by Crippen LogP contribution is 2.17. The Labute approximate surface area is 132 Å². The third-order valence-corrected chi connectivity index (χ3v) is 3.43. The fourth-order valence-electron chi connectivity index (χ4n) is 2.38. The van der Waals surface area contributed by atoms with Crippen molar-refractivity contribution in [3.8, 4) is 5.75 Å². The molecule has 0 aliphatic heterocycles. The Kier molecular flexibility index (Phi) is 5.59. The standard InChI is InChI=1S/C19H23NO2/c1-14-11-15(2)13-18(12-14)22-16(3)19(21)20-10-9-17-7-5-4-6-8-17/h4-8,11-13,16H,9-10H2,1-3H3,(H,20,21). The van der Waals surface area contributed by atoms with Crippen LogP contribution in [0.2, 0.25) is 0 Å². The van der Waals surface area contributed by atoms with E-state index >= 15 is 0 Å². The molecule has 22 heavy (non-hydrogen) atoms. The molecule has 0 saturated carbocycles. The molecule has 1 atom stereocenters. The smallest absolute Gasteiger partial charge is 0.260 e. The van der Waals surface area contributed by atoms with E-state index in [-0.39, 0.29) is 5.91 Å². The molecule has 0 aromatic heterocycles. The van der Waals surface area contributed by atoms with Gasteiger partial charge in [-0.3, -0.25) is 4.79 Å². The first-order valence-corrected chi connectivity index (χ1v) is 7.61. The molecule has 0 aliphatic carbocycles. The van der Waals surface area contributed by atoms with Crippen molar-refractivity contribution in [2.24, 2.45) is 0 Å². The van der Waals surface area contributed by atoms with Gasteiger partial charge in [0.15, 0.2) is 6.10 Å². The molecule has 0 aliphatic rings. The van der Waals surface area contributed by atoms with Crippen LogP contribution < -0.4 is 10.1 Å². The van der Waals surface area contributed by atoms with Crippen molar-refractivity contribution >= 4 is 5.91 Å². The molecule has 0 bridgehead atoms. The number of carbonyl (C=O) groups excluding carboxylic acids is 1. The van der Waals surface area contributed by atoms with Crippen molar-refractivity contribution < 1.29 is 9.53 Å². The first-order chi connectivity index (χ1) is 10.5. The Bertz CT molecular complexity index is 602. The number of carbonyl (C=O) groups is 1. The van der Waals surface area contributed by atoms with Gasteiger partial charge in [0.2, 0.25) is 0 Å². The van der Waals surface area contributed by atoms with E-state index in [1.807, 2.05) is 44.2 Å². The minimum Gasteiger partial charge on any atom is -0.481 e. The number of rotatable bonds is 6. The van der Waals surface area contributed by atoms with Crippen molar-refractivity contribution in [1.29, 1.82) is 0 Å². The fourth-order valence-corrected chi connectivity index (χ4v) is 2.38. The lowest BCUT2D eigenvalue weighted by molar-refractivity contribution is -0.127. The minimum absolute atomic E-state index is 0.0879. The monoisotopic (exact) mass is 297 g/mol. The van der Waals surface area contributed by atoms with Crippen molar-refractivity contribution in [3.05, 3.63) is 65.2 Å². The molecule has 1 amide bonds. The van der Waals surface area contributed by atoms with E-state index in [0.717, 1.165) is 23.3 Å². The first-order valence-electron chi connectivity index (χ1n) is 7.61. The maximum atomic E-state index is 12.1. The van der Waals surface area contributed by atoms with Crippen LogP contribution >= 0.6 is 0 Å². The van der Waals surface area contributed by atoms with Crippen LogP contribution in [0.1, 0.15) is 23.6 Å². The van der Waals surface area contributed by atoms with E-state index in [9.17, 15) is 4.79 Å². The number of benzene rings is 2. The summed E-state index contributed by atoms with van der Waals surface area (Å²) in [6, 6.07) is 16.1. The van der Waals surface area contributed by atoms with Gasteiger partial charge in [0.25, 0.3) is 5.91 Å². The zero-order chi connectivity index (χ0) is 15.9. The molecular weight excluding hydrogens is 274 g/mol. The molecular formula is C19H23NO2. The van der Waals surface area contributed by atoms with Crippen LogP contribution in [0.25, 0.3) is 0 Å². The van der Waals surface area contributed by atoms with Gasteiger partial charge < -0.3 is 10.1 Å². The molecule has 0 spiro atoms. The van der Waals surface area contributed by atoms with Crippen LogP contribution in [-0.2, 0) is 11.2 Å². The highest BCUT2D eigenvalue weighted by atomic mass is 16.5. The van der Waals surface area contributed by atoms with Gasteiger partial charge >= 0.3 is 0 Å². The summed E-state index contributed by atoms with van der Waals surface area (Å²) in [6.45, 7) is 6.42. The van der Waals surface area contributed by atoms with Crippen LogP contribution in [0.4, 0.5) is 0 Å². The summed E-state index contributed by atoms with van der Waals surface area (Å²) in [5.41, 5.74) is 3.48. The Balaban J connectivity index is 1.81. The third kappa shape index (κ3) is 4.92. The zero-order valence-corrected chi connectivity index (χ0v) is 13.4. The second-order valence-corrected chi connectivity index (χ2v) is 5.61. The summed E-state index contributed by atoms with van der Waals surface area (Å²) >= 11 is 0. The Hall–Kier alpha value is -2.29. The predicted octanol–water partition coefficient (Wildman–Crippen LogP) is 3.43. The lowest BCUT2D eigenvalue weighted by Crippen LogP contribution is -2.37. The van der Waals surface area contributed by atoms with E-state index in [4.69, 9.17) is 4.74 Å².